The minimum atomic E-state index is 1.21. The van der Waals surface area contributed by atoms with Crippen molar-refractivity contribution in [3.8, 4) is 0 Å². The number of rotatable bonds is 12. The van der Waals surface area contributed by atoms with Gasteiger partial charge in [0.1, 0.15) is 0 Å². The van der Waals surface area contributed by atoms with E-state index in [4.69, 9.17) is 0 Å². The molecule has 0 heteroatoms. The first-order chi connectivity index (χ1) is 10.3. The lowest BCUT2D eigenvalue weighted by molar-refractivity contribution is 0.556. The van der Waals surface area contributed by atoms with Crippen molar-refractivity contribution in [1.29, 1.82) is 0 Å². The zero-order valence-electron chi connectivity index (χ0n) is 14.3. The van der Waals surface area contributed by atoms with E-state index >= 15 is 0 Å². The maximum atomic E-state index is 3.93. The Labute approximate surface area is 132 Å². The summed E-state index contributed by atoms with van der Waals surface area (Å²) in [6, 6.07) is 6.75. The Balaban J connectivity index is 2.05. The Morgan fingerprint density at radius 2 is 1.43 bits per heavy atom. The van der Waals surface area contributed by atoms with Crippen LogP contribution in [0.1, 0.15) is 87.8 Å². The van der Waals surface area contributed by atoms with Crippen LogP contribution in [0.15, 0.2) is 24.8 Å². The van der Waals surface area contributed by atoms with Crippen LogP contribution < -0.4 is 0 Å². The Morgan fingerprint density at radius 3 is 2.00 bits per heavy atom. The second kappa shape index (κ2) is 11.6. The fourth-order valence-corrected chi connectivity index (χ4v) is 2.93. The summed E-state index contributed by atoms with van der Waals surface area (Å²) < 4.78 is 0. The number of unbranched alkanes of at least 4 members (excludes halogenated alkanes) is 9. The molecule has 0 saturated carbocycles. The van der Waals surface area contributed by atoms with Gasteiger partial charge in [0.25, 0.3) is 0 Å². The molecule has 118 valence electrons. The van der Waals surface area contributed by atoms with Gasteiger partial charge in [0.05, 0.1) is 0 Å². The third-order valence-corrected chi connectivity index (χ3v) is 4.32. The minimum absolute atomic E-state index is 1.21. The van der Waals surface area contributed by atoms with Gasteiger partial charge in [-0.3, -0.25) is 0 Å². The van der Waals surface area contributed by atoms with Crippen LogP contribution >= 0.6 is 0 Å². The molecule has 21 heavy (non-hydrogen) atoms. The van der Waals surface area contributed by atoms with Crippen molar-refractivity contribution in [3.63, 3.8) is 0 Å². The first kappa shape index (κ1) is 18.0. The minimum Gasteiger partial charge on any atom is -0.0985 e. The molecule has 0 bridgehead atoms. The van der Waals surface area contributed by atoms with Crippen LogP contribution in [0.4, 0.5) is 0 Å². The molecule has 1 aromatic rings. The smallest absolute Gasteiger partial charge is 0.0228 e. The molecule has 0 unspecified atom stereocenters. The van der Waals surface area contributed by atoms with Crippen molar-refractivity contribution >= 4 is 6.08 Å². The van der Waals surface area contributed by atoms with Gasteiger partial charge in [-0.1, -0.05) is 101 Å². The first-order valence-electron chi connectivity index (χ1n) is 9.00. The molecule has 0 nitrogen and oxygen atoms in total. The second-order valence-corrected chi connectivity index (χ2v) is 6.34. The van der Waals surface area contributed by atoms with Crippen LogP contribution in [0.3, 0.4) is 0 Å². The van der Waals surface area contributed by atoms with Crippen LogP contribution in [-0.4, -0.2) is 0 Å². The van der Waals surface area contributed by atoms with Gasteiger partial charge in [0.15, 0.2) is 0 Å². The van der Waals surface area contributed by atoms with Gasteiger partial charge >= 0.3 is 0 Å². The van der Waals surface area contributed by atoms with Crippen molar-refractivity contribution in [1.82, 2.24) is 0 Å². The Kier molecular flexibility index (Phi) is 9.95. The van der Waals surface area contributed by atoms with Crippen molar-refractivity contribution in [2.24, 2.45) is 0 Å². The average Bonchev–Trinajstić information content (AvgIpc) is 2.50. The first-order valence-corrected chi connectivity index (χ1v) is 9.00. The summed E-state index contributed by atoms with van der Waals surface area (Å²) in [6.45, 7) is 8.37. The summed E-state index contributed by atoms with van der Waals surface area (Å²) in [6.07, 6.45) is 17.3. The molecule has 0 atom stereocenters. The second-order valence-electron chi connectivity index (χ2n) is 6.34. The lowest BCUT2D eigenvalue weighted by atomic mass is 9.98. The number of aryl methyl sites for hydroxylation is 2. The quantitative estimate of drug-likeness (QED) is 0.359. The molecule has 0 spiro atoms. The van der Waals surface area contributed by atoms with Crippen molar-refractivity contribution in [2.75, 3.05) is 0 Å². The summed E-state index contributed by atoms with van der Waals surface area (Å²) in [7, 11) is 0. The zero-order chi connectivity index (χ0) is 15.3. The van der Waals surface area contributed by atoms with Gasteiger partial charge in [0.2, 0.25) is 0 Å². The predicted octanol–water partition coefficient (Wildman–Crippen LogP) is 7.10. The lowest BCUT2D eigenvalue weighted by Crippen LogP contribution is -1.91. The van der Waals surface area contributed by atoms with Gasteiger partial charge < -0.3 is 0 Å². The predicted molar refractivity (Wildman–Crippen MR) is 96.8 cm³/mol. The topological polar surface area (TPSA) is 0 Å². The standard InChI is InChI=1S/C21H34/c1-4-6-7-8-9-10-11-12-13-14-15-21-17-16-19(3)18-20(21)5-2/h5,16-18H,2,4,6-15H2,1,3H3. The van der Waals surface area contributed by atoms with Crippen LogP contribution in [0.2, 0.25) is 0 Å². The maximum absolute atomic E-state index is 3.93. The zero-order valence-corrected chi connectivity index (χ0v) is 14.3. The highest BCUT2D eigenvalue weighted by atomic mass is 14.1. The highest BCUT2D eigenvalue weighted by Crippen LogP contribution is 2.17. The van der Waals surface area contributed by atoms with Gasteiger partial charge in [-0.25, -0.2) is 0 Å². The summed E-state index contributed by atoms with van der Waals surface area (Å²) in [4.78, 5) is 0. The van der Waals surface area contributed by atoms with Crippen molar-refractivity contribution in [3.05, 3.63) is 41.5 Å². The fraction of sp³-hybridized carbons (Fsp3) is 0.619. The summed E-state index contributed by atoms with van der Waals surface area (Å²) >= 11 is 0. The number of hydrogen-bond donors (Lipinski definition) is 0. The Bertz CT molecular complexity index is 389. The van der Waals surface area contributed by atoms with Crippen LogP contribution in [0.25, 0.3) is 6.08 Å². The van der Waals surface area contributed by atoms with Gasteiger partial charge in [-0.05, 0) is 30.9 Å². The highest BCUT2D eigenvalue weighted by Gasteiger charge is 2.00. The molecule has 1 aromatic carbocycles. The van der Waals surface area contributed by atoms with Crippen molar-refractivity contribution in [2.45, 2.75) is 84.5 Å². The van der Waals surface area contributed by atoms with Crippen LogP contribution in [-0.2, 0) is 6.42 Å². The average molecular weight is 287 g/mol. The third kappa shape index (κ3) is 8.09. The van der Waals surface area contributed by atoms with E-state index in [-0.39, 0.29) is 0 Å². The van der Waals surface area contributed by atoms with Gasteiger partial charge in [-0.2, -0.15) is 0 Å². The number of hydrogen-bond acceptors (Lipinski definition) is 0. The molecule has 0 heterocycles. The third-order valence-electron chi connectivity index (χ3n) is 4.32. The SMILES string of the molecule is C=Cc1cc(C)ccc1CCCCCCCCCCCC. The van der Waals surface area contributed by atoms with E-state index in [9.17, 15) is 0 Å². The Morgan fingerprint density at radius 1 is 0.857 bits per heavy atom. The lowest BCUT2D eigenvalue weighted by Gasteiger charge is -2.07. The maximum Gasteiger partial charge on any atom is -0.0228 e. The molecule has 0 amide bonds. The van der Waals surface area contributed by atoms with Crippen LogP contribution in [0.5, 0.6) is 0 Å². The van der Waals surface area contributed by atoms with E-state index < -0.39 is 0 Å². The van der Waals surface area contributed by atoms with E-state index in [0.29, 0.717) is 0 Å². The normalized spacial score (nSPS) is 10.8. The summed E-state index contributed by atoms with van der Waals surface area (Å²) in [5, 5.41) is 0. The number of benzene rings is 1. The molecule has 0 N–H and O–H groups in total. The van der Waals surface area contributed by atoms with E-state index in [1.807, 2.05) is 6.08 Å². The molecular formula is C21H34. The van der Waals surface area contributed by atoms with E-state index in [1.165, 1.54) is 87.3 Å². The molecule has 0 aliphatic heterocycles. The monoisotopic (exact) mass is 286 g/mol. The molecule has 1 rings (SSSR count). The molecule has 0 aliphatic carbocycles. The largest absolute Gasteiger partial charge is 0.0985 e. The van der Waals surface area contributed by atoms with Crippen molar-refractivity contribution < 1.29 is 0 Å². The van der Waals surface area contributed by atoms with E-state index in [1.54, 1.807) is 0 Å². The van der Waals surface area contributed by atoms with Crippen LogP contribution in [0, 0.1) is 6.92 Å². The molecule has 0 radical (unpaired) electrons. The fourth-order valence-electron chi connectivity index (χ4n) is 2.93. The van der Waals surface area contributed by atoms with Gasteiger partial charge in [0, 0.05) is 0 Å². The molecule has 0 aromatic heterocycles. The highest BCUT2D eigenvalue weighted by molar-refractivity contribution is 5.53. The summed E-state index contributed by atoms with van der Waals surface area (Å²) in [5.41, 5.74) is 4.12. The van der Waals surface area contributed by atoms with Gasteiger partial charge in [-0.15, -0.1) is 0 Å². The summed E-state index contributed by atoms with van der Waals surface area (Å²) in [5.74, 6) is 0. The molecule has 0 saturated heterocycles. The molecule has 0 fully saturated rings. The Hall–Kier alpha value is -1.04. The molecule has 0 aliphatic rings. The van der Waals surface area contributed by atoms with E-state index in [0.717, 1.165) is 0 Å². The molecular weight excluding hydrogens is 252 g/mol. The van der Waals surface area contributed by atoms with E-state index in [2.05, 4.69) is 38.6 Å².